The van der Waals surface area contributed by atoms with E-state index in [4.69, 9.17) is 10.5 Å². The van der Waals surface area contributed by atoms with Crippen molar-refractivity contribution >= 4 is 5.91 Å². The van der Waals surface area contributed by atoms with Gasteiger partial charge >= 0.3 is 0 Å². The van der Waals surface area contributed by atoms with Crippen molar-refractivity contribution in [2.75, 3.05) is 6.54 Å². The third-order valence-corrected chi connectivity index (χ3v) is 2.97. The lowest BCUT2D eigenvalue weighted by molar-refractivity contribution is -0.124. The van der Waals surface area contributed by atoms with E-state index in [1.807, 2.05) is 6.92 Å². The molecule has 1 aromatic carbocycles. The third kappa shape index (κ3) is 4.21. The number of halogens is 1. The van der Waals surface area contributed by atoms with E-state index in [0.29, 0.717) is 13.0 Å². The summed E-state index contributed by atoms with van der Waals surface area (Å²) >= 11 is 0. The number of likely N-dealkylation sites (N-methyl/N-ethyl adjacent to an activating group) is 1. The molecule has 0 saturated carbocycles. The molecule has 3 N–H and O–H groups in total. The van der Waals surface area contributed by atoms with Crippen LogP contribution < -0.4 is 15.8 Å². The molecule has 0 heterocycles. The first-order valence-electron chi connectivity index (χ1n) is 6.35. The van der Waals surface area contributed by atoms with E-state index in [9.17, 15) is 9.18 Å². The molecule has 0 aliphatic carbocycles. The Labute approximate surface area is 113 Å². The van der Waals surface area contributed by atoms with Crippen LogP contribution in [0.15, 0.2) is 24.3 Å². The van der Waals surface area contributed by atoms with Crippen LogP contribution in [0, 0.1) is 5.82 Å². The van der Waals surface area contributed by atoms with Gasteiger partial charge in [0.25, 0.3) is 0 Å². The summed E-state index contributed by atoms with van der Waals surface area (Å²) in [5, 5.41) is 3.04. The van der Waals surface area contributed by atoms with Gasteiger partial charge in [0.15, 0.2) is 11.6 Å². The number of ether oxygens (including phenoxy) is 1. The molecule has 0 aromatic heterocycles. The molecule has 2 atom stereocenters. The Morgan fingerprint density at radius 3 is 2.68 bits per heavy atom. The van der Waals surface area contributed by atoms with Crippen molar-refractivity contribution in [3.8, 4) is 5.75 Å². The number of hydrogen-bond acceptors (Lipinski definition) is 3. The number of rotatable bonds is 7. The maximum Gasteiger partial charge on any atom is 0.237 e. The average molecular weight is 268 g/mol. The largest absolute Gasteiger partial charge is 0.488 e. The first-order chi connectivity index (χ1) is 8.89. The predicted octanol–water partition coefficient (Wildman–Crippen LogP) is 1.84. The average Bonchev–Trinajstić information content (AvgIpc) is 2.32. The maximum absolute atomic E-state index is 13.5. The van der Waals surface area contributed by atoms with Crippen molar-refractivity contribution in [2.24, 2.45) is 5.73 Å². The molecule has 0 radical (unpaired) electrons. The molecule has 0 spiro atoms. The molecule has 0 aliphatic heterocycles. The zero-order valence-corrected chi connectivity index (χ0v) is 11.6. The van der Waals surface area contributed by atoms with Crippen LogP contribution in [0.4, 0.5) is 4.39 Å². The number of nitrogens with two attached hydrogens (primary N) is 1. The summed E-state index contributed by atoms with van der Waals surface area (Å²) in [6, 6.07) is 6.18. The van der Waals surface area contributed by atoms with Gasteiger partial charge in [-0.2, -0.15) is 0 Å². The fourth-order valence-corrected chi connectivity index (χ4v) is 2.02. The standard InChI is InChI=1S/C14H21FN2O2/c1-4-17-14(3,13(16)18)9-10(2)19-12-8-6-5-7-11(12)15/h5-8,10,17H,4,9H2,1-3H3,(H2,16,18). The van der Waals surface area contributed by atoms with E-state index < -0.39 is 17.3 Å². The maximum atomic E-state index is 13.5. The van der Waals surface area contributed by atoms with Crippen molar-refractivity contribution in [3.63, 3.8) is 0 Å². The minimum atomic E-state index is -0.862. The SMILES string of the molecule is CCNC(C)(CC(C)Oc1ccccc1F)C(N)=O. The normalized spacial score (nSPS) is 15.6. The molecule has 0 saturated heterocycles. The van der Waals surface area contributed by atoms with E-state index in [1.165, 1.54) is 6.07 Å². The second kappa shape index (κ2) is 6.52. The van der Waals surface area contributed by atoms with Crippen molar-refractivity contribution in [3.05, 3.63) is 30.1 Å². The molecule has 1 aromatic rings. The van der Waals surface area contributed by atoms with Crippen LogP contribution in [-0.2, 0) is 4.79 Å². The number of para-hydroxylation sites is 1. The fraction of sp³-hybridized carbons (Fsp3) is 0.500. The van der Waals surface area contributed by atoms with Crippen LogP contribution in [0.3, 0.4) is 0 Å². The lowest BCUT2D eigenvalue weighted by Crippen LogP contribution is -2.55. The summed E-state index contributed by atoms with van der Waals surface area (Å²) in [5.41, 5.74) is 4.54. The molecule has 0 fully saturated rings. The van der Waals surface area contributed by atoms with Crippen molar-refractivity contribution in [1.29, 1.82) is 0 Å². The number of hydrogen-bond donors (Lipinski definition) is 2. The van der Waals surface area contributed by atoms with Gasteiger partial charge in [0, 0.05) is 6.42 Å². The molecule has 0 aliphatic rings. The highest BCUT2D eigenvalue weighted by Crippen LogP contribution is 2.21. The second-order valence-corrected chi connectivity index (χ2v) is 4.79. The highest BCUT2D eigenvalue weighted by molar-refractivity contribution is 5.84. The van der Waals surface area contributed by atoms with Crippen LogP contribution in [0.5, 0.6) is 5.75 Å². The molecule has 1 rings (SSSR count). The molecule has 1 amide bonds. The zero-order chi connectivity index (χ0) is 14.5. The van der Waals surface area contributed by atoms with Gasteiger partial charge in [-0.05, 0) is 32.5 Å². The van der Waals surface area contributed by atoms with Gasteiger partial charge < -0.3 is 15.8 Å². The Bertz CT molecular complexity index is 439. The van der Waals surface area contributed by atoms with E-state index in [1.54, 1.807) is 32.0 Å². The first-order valence-corrected chi connectivity index (χ1v) is 6.35. The Hall–Kier alpha value is -1.62. The minimum Gasteiger partial charge on any atom is -0.488 e. The Kier molecular flexibility index (Phi) is 5.30. The molecule has 2 unspecified atom stereocenters. The minimum absolute atomic E-state index is 0.179. The van der Waals surface area contributed by atoms with Crippen LogP contribution in [0.2, 0.25) is 0 Å². The molecule has 5 heteroatoms. The monoisotopic (exact) mass is 268 g/mol. The van der Waals surface area contributed by atoms with Crippen molar-refractivity contribution in [1.82, 2.24) is 5.32 Å². The number of carbonyl (C=O) groups excluding carboxylic acids is 1. The molecular weight excluding hydrogens is 247 g/mol. The number of benzene rings is 1. The molecule has 106 valence electrons. The van der Waals surface area contributed by atoms with Gasteiger partial charge in [0.05, 0.1) is 11.6 Å². The van der Waals surface area contributed by atoms with Crippen LogP contribution in [-0.4, -0.2) is 24.1 Å². The first kappa shape index (κ1) is 15.4. The number of carbonyl (C=O) groups is 1. The molecular formula is C14H21FN2O2. The summed E-state index contributed by atoms with van der Waals surface area (Å²) < 4.78 is 19.0. The predicted molar refractivity (Wildman–Crippen MR) is 72.4 cm³/mol. The summed E-state index contributed by atoms with van der Waals surface area (Å²) in [6.45, 7) is 6.01. The topological polar surface area (TPSA) is 64.3 Å². The number of nitrogens with one attached hydrogen (secondary N) is 1. The van der Waals surface area contributed by atoms with E-state index in [2.05, 4.69) is 5.32 Å². The summed E-state index contributed by atoms with van der Waals surface area (Å²) in [6.07, 6.45) is 0.0262. The van der Waals surface area contributed by atoms with Gasteiger partial charge in [-0.3, -0.25) is 4.79 Å². The van der Waals surface area contributed by atoms with Crippen LogP contribution in [0.25, 0.3) is 0 Å². The van der Waals surface area contributed by atoms with E-state index >= 15 is 0 Å². The van der Waals surface area contributed by atoms with Gasteiger partial charge in [-0.15, -0.1) is 0 Å². The Balaban J connectivity index is 2.71. The fourth-order valence-electron chi connectivity index (χ4n) is 2.02. The lowest BCUT2D eigenvalue weighted by Gasteiger charge is -2.30. The van der Waals surface area contributed by atoms with Crippen LogP contribution in [0.1, 0.15) is 27.2 Å². The van der Waals surface area contributed by atoms with Gasteiger partial charge in [0.1, 0.15) is 0 Å². The molecule has 0 bridgehead atoms. The highest BCUT2D eigenvalue weighted by atomic mass is 19.1. The smallest absolute Gasteiger partial charge is 0.237 e. The van der Waals surface area contributed by atoms with E-state index in [-0.39, 0.29) is 11.9 Å². The van der Waals surface area contributed by atoms with Gasteiger partial charge in [-0.25, -0.2) is 4.39 Å². The number of amides is 1. The summed E-state index contributed by atoms with van der Waals surface area (Å²) in [4.78, 5) is 11.5. The highest BCUT2D eigenvalue weighted by Gasteiger charge is 2.32. The van der Waals surface area contributed by atoms with Crippen molar-refractivity contribution in [2.45, 2.75) is 38.8 Å². The molecule has 19 heavy (non-hydrogen) atoms. The van der Waals surface area contributed by atoms with E-state index in [0.717, 1.165) is 0 Å². The quantitative estimate of drug-likeness (QED) is 0.793. The summed E-state index contributed by atoms with van der Waals surface area (Å²) in [5.74, 6) is -0.685. The summed E-state index contributed by atoms with van der Waals surface area (Å²) in [7, 11) is 0. The number of primary amides is 1. The zero-order valence-electron chi connectivity index (χ0n) is 11.6. The second-order valence-electron chi connectivity index (χ2n) is 4.79. The van der Waals surface area contributed by atoms with Crippen molar-refractivity contribution < 1.29 is 13.9 Å². The third-order valence-electron chi connectivity index (χ3n) is 2.97. The van der Waals surface area contributed by atoms with Gasteiger partial charge in [-0.1, -0.05) is 19.1 Å². The Morgan fingerprint density at radius 2 is 2.16 bits per heavy atom. The van der Waals surface area contributed by atoms with Crippen LogP contribution >= 0.6 is 0 Å². The molecule has 4 nitrogen and oxygen atoms in total. The Morgan fingerprint density at radius 1 is 1.53 bits per heavy atom. The van der Waals surface area contributed by atoms with Gasteiger partial charge in [0.2, 0.25) is 5.91 Å². The lowest BCUT2D eigenvalue weighted by atomic mass is 9.94.